The van der Waals surface area contributed by atoms with E-state index < -0.39 is 6.10 Å². The summed E-state index contributed by atoms with van der Waals surface area (Å²) in [4.78, 5) is 8.91. The Balaban J connectivity index is 1.79. The van der Waals surface area contributed by atoms with E-state index in [4.69, 9.17) is 0 Å². The Bertz CT molecular complexity index is 656. The summed E-state index contributed by atoms with van der Waals surface area (Å²) < 4.78 is 1.77. The molecule has 1 aromatic rings. The van der Waals surface area contributed by atoms with Crippen LogP contribution in [0.2, 0.25) is 0 Å². The minimum atomic E-state index is -0.455. The van der Waals surface area contributed by atoms with Gasteiger partial charge in [-0.05, 0) is 31.7 Å². The standard InChI is InChI=1S/C13H16N6O/c1-7-15-12-9(5-14-17-12)13(16-7)19-6-8-3-2-4-10(20)11(8)18-19/h5-6,10,12,14,17,20H,2-4H2,1H3. The molecule has 3 aliphatic rings. The fraction of sp³-hybridized carbons (Fsp3) is 0.462. The lowest BCUT2D eigenvalue weighted by molar-refractivity contribution is 0.151. The summed E-state index contributed by atoms with van der Waals surface area (Å²) in [5.41, 5.74) is 8.89. The Labute approximate surface area is 116 Å². The van der Waals surface area contributed by atoms with Gasteiger partial charge >= 0.3 is 0 Å². The third kappa shape index (κ3) is 1.70. The van der Waals surface area contributed by atoms with Gasteiger partial charge < -0.3 is 10.5 Å². The van der Waals surface area contributed by atoms with Crippen molar-refractivity contribution in [2.24, 2.45) is 9.98 Å². The van der Waals surface area contributed by atoms with E-state index in [1.54, 1.807) is 4.68 Å². The van der Waals surface area contributed by atoms with Crippen LogP contribution in [0.1, 0.15) is 37.1 Å². The Morgan fingerprint density at radius 1 is 1.45 bits per heavy atom. The van der Waals surface area contributed by atoms with Gasteiger partial charge in [-0.15, -0.1) is 0 Å². The van der Waals surface area contributed by atoms with Crippen molar-refractivity contribution in [2.75, 3.05) is 0 Å². The first-order valence-electron chi connectivity index (χ1n) is 6.84. The summed E-state index contributed by atoms with van der Waals surface area (Å²) in [5, 5.41) is 14.6. The first-order valence-corrected chi connectivity index (χ1v) is 6.84. The second kappa shape index (κ2) is 4.26. The van der Waals surface area contributed by atoms with Crippen LogP contribution in [-0.2, 0) is 6.42 Å². The predicted molar refractivity (Wildman–Crippen MR) is 74.2 cm³/mol. The summed E-state index contributed by atoms with van der Waals surface area (Å²) in [5.74, 6) is 1.48. The number of aliphatic hydroxyl groups is 1. The van der Waals surface area contributed by atoms with E-state index in [-0.39, 0.29) is 6.17 Å². The fourth-order valence-electron chi connectivity index (χ4n) is 2.89. The van der Waals surface area contributed by atoms with Crippen LogP contribution < -0.4 is 10.9 Å². The van der Waals surface area contributed by atoms with Crippen LogP contribution in [-0.4, -0.2) is 32.7 Å². The molecule has 0 radical (unpaired) electrons. The molecule has 20 heavy (non-hydrogen) atoms. The van der Waals surface area contributed by atoms with Gasteiger partial charge in [0.15, 0.2) is 5.84 Å². The van der Waals surface area contributed by atoms with E-state index in [0.717, 1.165) is 41.9 Å². The van der Waals surface area contributed by atoms with Gasteiger partial charge in [-0.2, -0.15) is 5.10 Å². The minimum Gasteiger partial charge on any atom is -0.387 e. The molecule has 3 heterocycles. The van der Waals surface area contributed by atoms with E-state index in [1.165, 1.54) is 0 Å². The van der Waals surface area contributed by atoms with E-state index in [1.807, 2.05) is 19.3 Å². The molecule has 1 aromatic heterocycles. The number of aromatic nitrogens is 2. The molecule has 7 nitrogen and oxygen atoms in total. The van der Waals surface area contributed by atoms with Crippen LogP contribution in [0, 0.1) is 0 Å². The van der Waals surface area contributed by atoms with Crippen LogP contribution in [0.4, 0.5) is 0 Å². The zero-order valence-electron chi connectivity index (χ0n) is 11.2. The molecule has 2 atom stereocenters. The third-order valence-electron chi connectivity index (χ3n) is 3.86. The lowest BCUT2D eigenvalue weighted by Gasteiger charge is -2.17. The van der Waals surface area contributed by atoms with Gasteiger partial charge in [0.2, 0.25) is 0 Å². The molecule has 0 spiro atoms. The monoisotopic (exact) mass is 272 g/mol. The molecule has 2 unspecified atom stereocenters. The second-order valence-electron chi connectivity index (χ2n) is 5.29. The number of hydrogen-bond donors (Lipinski definition) is 3. The molecule has 2 aliphatic heterocycles. The van der Waals surface area contributed by atoms with Crippen molar-refractivity contribution in [3.8, 4) is 0 Å². The third-order valence-corrected chi connectivity index (χ3v) is 3.86. The van der Waals surface area contributed by atoms with Crippen molar-refractivity contribution in [1.82, 2.24) is 20.6 Å². The van der Waals surface area contributed by atoms with Gasteiger partial charge in [0.1, 0.15) is 12.0 Å². The molecule has 0 aromatic carbocycles. The van der Waals surface area contributed by atoms with Crippen molar-refractivity contribution in [2.45, 2.75) is 38.5 Å². The maximum atomic E-state index is 10.0. The summed E-state index contributed by atoms with van der Waals surface area (Å²) in [6.07, 6.45) is 6.01. The molecular formula is C13H16N6O. The van der Waals surface area contributed by atoms with Crippen molar-refractivity contribution >= 4 is 11.7 Å². The molecule has 104 valence electrons. The summed E-state index contributed by atoms with van der Waals surface area (Å²) in [6, 6.07) is 0. The highest BCUT2D eigenvalue weighted by Crippen LogP contribution is 2.29. The van der Waals surface area contributed by atoms with Crippen molar-refractivity contribution < 1.29 is 5.11 Å². The number of hydrogen-bond acceptors (Lipinski definition) is 6. The summed E-state index contributed by atoms with van der Waals surface area (Å²) in [6.45, 7) is 1.87. The zero-order chi connectivity index (χ0) is 13.7. The highest BCUT2D eigenvalue weighted by molar-refractivity contribution is 6.09. The van der Waals surface area contributed by atoms with Crippen LogP contribution >= 0.6 is 0 Å². The quantitative estimate of drug-likeness (QED) is 0.632. The number of aliphatic imine (C=N–C) groups is 2. The molecule has 0 saturated carbocycles. The minimum absolute atomic E-state index is 0.117. The molecular weight excluding hydrogens is 256 g/mol. The van der Waals surface area contributed by atoms with Gasteiger partial charge in [-0.25, -0.2) is 20.1 Å². The number of amidine groups is 1. The molecule has 7 heteroatoms. The topological polar surface area (TPSA) is 86.8 Å². The highest BCUT2D eigenvalue weighted by atomic mass is 16.3. The van der Waals surface area contributed by atoms with Gasteiger partial charge in [0.05, 0.1) is 17.4 Å². The van der Waals surface area contributed by atoms with Gasteiger partial charge in [0, 0.05) is 12.4 Å². The Hall–Kier alpha value is -1.99. The van der Waals surface area contributed by atoms with E-state index in [0.29, 0.717) is 5.84 Å². The molecule has 4 rings (SSSR count). The Morgan fingerprint density at radius 3 is 3.20 bits per heavy atom. The van der Waals surface area contributed by atoms with Crippen LogP contribution in [0.3, 0.4) is 0 Å². The molecule has 1 aliphatic carbocycles. The lowest BCUT2D eigenvalue weighted by Crippen LogP contribution is -2.36. The first kappa shape index (κ1) is 11.8. The van der Waals surface area contributed by atoms with Gasteiger partial charge in [-0.3, -0.25) is 0 Å². The van der Waals surface area contributed by atoms with Crippen LogP contribution in [0.15, 0.2) is 28.0 Å². The van der Waals surface area contributed by atoms with Crippen molar-refractivity contribution in [3.05, 3.63) is 29.2 Å². The van der Waals surface area contributed by atoms with Crippen molar-refractivity contribution in [3.63, 3.8) is 0 Å². The number of nitrogens with one attached hydrogen (secondary N) is 2. The molecule has 0 bridgehead atoms. The molecule has 0 saturated heterocycles. The van der Waals surface area contributed by atoms with Crippen LogP contribution in [0.5, 0.6) is 0 Å². The number of rotatable bonds is 0. The van der Waals surface area contributed by atoms with E-state index >= 15 is 0 Å². The highest BCUT2D eigenvalue weighted by Gasteiger charge is 2.30. The number of fused-ring (bicyclic) bond motifs is 2. The van der Waals surface area contributed by atoms with Crippen LogP contribution in [0.25, 0.3) is 0 Å². The fourth-order valence-corrected chi connectivity index (χ4v) is 2.89. The molecule has 0 fully saturated rings. The largest absolute Gasteiger partial charge is 0.387 e. The first-order chi connectivity index (χ1) is 9.72. The van der Waals surface area contributed by atoms with Gasteiger partial charge in [-0.1, -0.05) is 0 Å². The number of nitrogens with zero attached hydrogens (tertiary/aromatic N) is 4. The lowest BCUT2D eigenvalue weighted by atomic mass is 9.96. The second-order valence-corrected chi connectivity index (χ2v) is 5.29. The zero-order valence-corrected chi connectivity index (χ0v) is 11.2. The van der Waals surface area contributed by atoms with Gasteiger partial charge in [0.25, 0.3) is 0 Å². The van der Waals surface area contributed by atoms with Crippen molar-refractivity contribution in [1.29, 1.82) is 0 Å². The number of hydrazine groups is 1. The number of aliphatic hydroxyl groups excluding tert-OH is 1. The summed E-state index contributed by atoms with van der Waals surface area (Å²) >= 11 is 0. The molecule has 0 amide bonds. The Kier molecular flexibility index (Phi) is 2.51. The average molecular weight is 272 g/mol. The number of aryl methyl sites for hydroxylation is 1. The predicted octanol–water partition coefficient (Wildman–Crippen LogP) is 0.249. The smallest absolute Gasteiger partial charge is 0.163 e. The van der Waals surface area contributed by atoms with E-state index in [9.17, 15) is 5.11 Å². The Morgan fingerprint density at radius 2 is 2.35 bits per heavy atom. The SMILES string of the molecule is CC1=NC2NNC=C2C(n2cc3c(n2)C(O)CCC3)=N1. The van der Waals surface area contributed by atoms with E-state index in [2.05, 4.69) is 25.9 Å². The maximum Gasteiger partial charge on any atom is 0.163 e. The average Bonchev–Trinajstić information content (AvgIpc) is 3.04. The summed E-state index contributed by atoms with van der Waals surface area (Å²) in [7, 11) is 0. The maximum absolute atomic E-state index is 10.0. The molecule has 3 N–H and O–H groups in total. The normalized spacial score (nSPS) is 28.0.